The van der Waals surface area contributed by atoms with Crippen LogP contribution in [0.2, 0.25) is 0 Å². The van der Waals surface area contributed by atoms with E-state index >= 15 is 0 Å². The van der Waals surface area contributed by atoms with Crippen LogP contribution in [0.4, 0.5) is 26.0 Å². The first-order valence-electron chi connectivity index (χ1n) is 10.6. The Hall–Kier alpha value is -4.60. The van der Waals surface area contributed by atoms with Crippen molar-refractivity contribution in [3.63, 3.8) is 0 Å². The molecule has 35 heavy (non-hydrogen) atoms. The number of rotatable bonds is 7. The SMILES string of the molecule is Cc1cnc(C(=O)NCc2ccc(-c3cc(Nc4ccccc4C(F)F)ccc3O)nc2N)cn1. The third kappa shape index (κ3) is 5.49. The van der Waals surface area contributed by atoms with Crippen LogP contribution in [-0.4, -0.2) is 26.0 Å². The number of nitrogen functional groups attached to an aromatic ring is 1. The summed E-state index contributed by atoms with van der Waals surface area (Å²) < 4.78 is 26.6. The quantitative estimate of drug-likeness (QED) is 0.284. The summed E-state index contributed by atoms with van der Waals surface area (Å²) in [6.07, 6.45) is 0.253. The van der Waals surface area contributed by atoms with Gasteiger partial charge < -0.3 is 21.5 Å². The number of hydrogen-bond acceptors (Lipinski definition) is 7. The molecule has 0 spiro atoms. The zero-order valence-electron chi connectivity index (χ0n) is 18.7. The number of amides is 1. The van der Waals surface area contributed by atoms with Crippen LogP contribution in [0.15, 0.2) is 67.0 Å². The number of benzene rings is 2. The number of halogens is 2. The van der Waals surface area contributed by atoms with Gasteiger partial charge in [-0.25, -0.2) is 18.7 Å². The van der Waals surface area contributed by atoms with E-state index in [0.29, 0.717) is 28.2 Å². The number of carbonyl (C=O) groups is 1. The molecule has 1 amide bonds. The van der Waals surface area contributed by atoms with E-state index in [1.54, 1.807) is 49.4 Å². The molecule has 0 fully saturated rings. The van der Waals surface area contributed by atoms with Crippen LogP contribution in [0.5, 0.6) is 5.75 Å². The van der Waals surface area contributed by atoms with Crippen molar-refractivity contribution in [3.05, 3.63) is 89.5 Å². The first kappa shape index (κ1) is 23.6. The van der Waals surface area contributed by atoms with Gasteiger partial charge in [-0.15, -0.1) is 0 Å². The topological polar surface area (TPSA) is 126 Å². The van der Waals surface area contributed by atoms with Crippen molar-refractivity contribution in [2.45, 2.75) is 19.9 Å². The Kier molecular flexibility index (Phi) is 6.81. The van der Waals surface area contributed by atoms with Gasteiger partial charge in [0.2, 0.25) is 0 Å². The average Bonchev–Trinajstić information content (AvgIpc) is 2.85. The van der Waals surface area contributed by atoms with E-state index in [9.17, 15) is 18.7 Å². The molecule has 0 saturated carbocycles. The molecule has 4 rings (SSSR count). The smallest absolute Gasteiger partial charge is 0.271 e. The van der Waals surface area contributed by atoms with Crippen LogP contribution >= 0.6 is 0 Å². The molecule has 0 radical (unpaired) electrons. The van der Waals surface area contributed by atoms with Gasteiger partial charge in [0.05, 0.1) is 17.6 Å². The van der Waals surface area contributed by atoms with Crippen molar-refractivity contribution in [1.29, 1.82) is 0 Å². The Morgan fingerprint density at radius 1 is 1.09 bits per heavy atom. The lowest BCUT2D eigenvalue weighted by atomic mass is 10.1. The molecule has 0 aliphatic heterocycles. The fourth-order valence-corrected chi connectivity index (χ4v) is 3.35. The number of aromatic nitrogens is 3. The third-order valence-electron chi connectivity index (χ3n) is 5.21. The predicted octanol–water partition coefficient (Wildman–Crippen LogP) is 4.75. The second-order valence-electron chi connectivity index (χ2n) is 7.71. The molecule has 178 valence electrons. The van der Waals surface area contributed by atoms with Crippen LogP contribution in [0.3, 0.4) is 0 Å². The van der Waals surface area contributed by atoms with Gasteiger partial charge in [-0.05, 0) is 37.3 Å². The van der Waals surface area contributed by atoms with Crippen molar-refractivity contribution in [2.24, 2.45) is 0 Å². The van der Waals surface area contributed by atoms with Crippen LogP contribution in [0, 0.1) is 6.92 Å². The highest BCUT2D eigenvalue weighted by Gasteiger charge is 2.15. The van der Waals surface area contributed by atoms with E-state index in [2.05, 4.69) is 25.6 Å². The second-order valence-corrected chi connectivity index (χ2v) is 7.71. The summed E-state index contributed by atoms with van der Waals surface area (Å²) in [4.78, 5) is 24.7. The lowest BCUT2D eigenvalue weighted by Gasteiger charge is -2.14. The van der Waals surface area contributed by atoms with E-state index in [-0.39, 0.29) is 35.1 Å². The summed E-state index contributed by atoms with van der Waals surface area (Å²) in [5.41, 5.74) is 8.91. The number of phenols is 1. The van der Waals surface area contributed by atoms with Gasteiger partial charge in [0, 0.05) is 40.8 Å². The standard InChI is InChI=1S/C25H22F2N6O2/c1-14-11-30-21(13-29-14)25(35)31-12-15-6-8-20(33-24(15)28)18-10-16(7-9-22(18)34)32-19-5-3-2-4-17(19)23(26)27/h2-11,13,23,32,34H,12H2,1H3,(H2,28,33)(H,31,35). The highest BCUT2D eigenvalue weighted by molar-refractivity contribution is 5.91. The van der Waals surface area contributed by atoms with Gasteiger partial charge in [-0.3, -0.25) is 9.78 Å². The minimum Gasteiger partial charge on any atom is -0.507 e. The maximum absolute atomic E-state index is 13.3. The van der Waals surface area contributed by atoms with Crippen molar-refractivity contribution in [1.82, 2.24) is 20.3 Å². The molecule has 0 atom stereocenters. The van der Waals surface area contributed by atoms with Crippen LogP contribution in [0.25, 0.3) is 11.3 Å². The number of pyridine rings is 1. The van der Waals surface area contributed by atoms with Crippen molar-refractivity contribution in [3.8, 4) is 17.0 Å². The van der Waals surface area contributed by atoms with Crippen molar-refractivity contribution in [2.75, 3.05) is 11.1 Å². The number of anilines is 3. The number of carbonyl (C=O) groups excluding carboxylic acids is 1. The molecule has 5 N–H and O–H groups in total. The highest BCUT2D eigenvalue weighted by atomic mass is 19.3. The fraction of sp³-hybridized carbons (Fsp3) is 0.120. The molecule has 0 aliphatic carbocycles. The van der Waals surface area contributed by atoms with Gasteiger partial charge in [0.1, 0.15) is 17.3 Å². The average molecular weight is 476 g/mol. The van der Waals surface area contributed by atoms with Crippen LogP contribution in [0.1, 0.15) is 33.7 Å². The molecular weight excluding hydrogens is 454 g/mol. The van der Waals surface area contributed by atoms with Crippen LogP contribution < -0.4 is 16.4 Å². The largest absolute Gasteiger partial charge is 0.507 e. The summed E-state index contributed by atoms with van der Waals surface area (Å²) in [5.74, 6) is -0.288. The van der Waals surface area contributed by atoms with Gasteiger partial charge in [-0.1, -0.05) is 24.3 Å². The molecule has 8 nitrogen and oxygen atoms in total. The Morgan fingerprint density at radius 3 is 2.60 bits per heavy atom. The maximum Gasteiger partial charge on any atom is 0.271 e. The third-order valence-corrected chi connectivity index (χ3v) is 5.21. The fourth-order valence-electron chi connectivity index (χ4n) is 3.35. The van der Waals surface area contributed by atoms with E-state index in [4.69, 9.17) is 5.73 Å². The molecule has 2 aromatic heterocycles. The Morgan fingerprint density at radius 2 is 1.89 bits per heavy atom. The molecule has 0 bridgehead atoms. The molecule has 4 aromatic rings. The Bertz CT molecular complexity index is 1360. The number of phenolic OH excluding ortho intramolecular Hbond substituents is 1. The van der Waals surface area contributed by atoms with Gasteiger partial charge >= 0.3 is 0 Å². The zero-order chi connectivity index (χ0) is 24.9. The highest BCUT2D eigenvalue weighted by Crippen LogP contribution is 2.34. The van der Waals surface area contributed by atoms with E-state index in [0.717, 1.165) is 0 Å². The molecule has 0 aliphatic rings. The van der Waals surface area contributed by atoms with Crippen LogP contribution in [-0.2, 0) is 6.54 Å². The normalized spacial score (nSPS) is 10.9. The minimum absolute atomic E-state index is 0.0522. The predicted molar refractivity (Wildman–Crippen MR) is 128 cm³/mol. The number of aryl methyl sites for hydroxylation is 1. The molecule has 0 unspecified atom stereocenters. The van der Waals surface area contributed by atoms with E-state index < -0.39 is 12.3 Å². The number of para-hydroxylation sites is 1. The monoisotopic (exact) mass is 476 g/mol. The number of nitrogens with two attached hydrogens (primary N) is 1. The van der Waals surface area contributed by atoms with Crippen molar-refractivity contribution >= 4 is 23.1 Å². The summed E-state index contributed by atoms with van der Waals surface area (Å²) in [6.45, 7) is 1.89. The summed E-state index contributed by atoms with van der Waals surface area (Å²) in [5, 5.41) is 16.1. The molecule has 0 saturated heterocycles. The van der Waals surface area contributed by atoms with E-state index in [1.807, 2.05) is 0 Å². The molecular formula is C25H22F2N6O2. The van der Waals surface area contributed by atoms with Gasteiger partial charge in [0.25, 0.3) is 12.3 Å². The second kappa shape index (κ2) is 10.1. The number of alkyl halides is 2. The number of nitrogens with one attached hydrogen (secondary N) is 2. The first-order chi connectivity index (χ1) is 16.8. The number of nitrogens with zero attached hydrogens (tertiary/aromatic N) is 3. The zero-order valence-corrected chi connectivity index (χ0v) is 18.7. The Balaban J connectivity index is 1.52. The maximum atomic E-state index is 13.3. The Labute approximate surface area is 199 Å². The summed E-state index contributed by atoms with van der Waals surface area (Å²) in [6, 6.07) is 14.0. The van der Waals surface area contributed by atoms with E-state index in [1.165, 1.54) is 24.5 Å². The lowest BCUT2D eigenvalue weighted by molar-refractivity contribution is 0.0945. The molecule has 2 aromatic carbocycles. The number of hydrogen-bond donors (Lipinski definition) is 4. The first-order valence-corrected chi connectivity index (χ1v) is 10.6. The lowest BCUT2D eigenvalue weighted by Crippen LogP contribution is -2.24. The molecule has 2 heterocycles. The summed E-state index contributed by atoms with van der Waals surface area (Å²) in [7, 11) is 0. The number of aromatic hydroxyl groups is 1. The molecule has 10 heteroatoms. The van der Waals surface area contributed by atoms with Gasteiger partial charge in [0.15, 0.2) is 0 Å². The minimum atomic E-state index is -2.64. The van der Waals surface area contributed by atoms with Crippen molar-refractivity contribution < 1.29 is 18.7 Å². The van der Waals surface area contributed by atoms with Gasteiger partial charge in [-0.2, -0.15) is 0 Å². The summed E-state index contributed by atoms with van der Waals surface area (Å²) >= 11 is 0.